The largest absolute Gasteiger partial charge is 0.497 e. The molecular formula is C21H21Cl2N3O3. The second kappa shape index (κ2) is 8.14. The molecule has 2 aromatic carbocycles. The van der Waals surface area contributed by atoms with E-state index in [4.69, 9.17) is 27.9 Å². The number of anilines is 1. The van der Waals surface area contributed by atoms with Crippen LogP contribution in [-0.2, 0) is 4.79 Å². The zero-order valence-corrected chi connectivity index (χ0v) is 17.4. The molecule has 1 fully saturated rings. The van der Waals surface area contributed by atoms with Crippen LogP contribution in [0.1, 0.15) is 11.6 Å². The fourth-order valence-electron chi connectivity index (χ4n) is 3.88. The van der Waals surface area contributed by atoms with E-state index in [1.54, 1.807) is 19.4 Å². The number of halogens is 2. The highest BCUT2D eigenvalue weighted by Crippen LogP contribution is 2.33. The fourth-order valence-corrected chi connectivity index (χ4v) is 4.17. The predicted molar refractivity (Wildman–Crippen MR) is 115 cm³/mol. The number of aromatic nitrogens is 1. The van der Waals surface area contributed by atoms with Crippen LogP contribution in [-0.4, -0.2) is 54.2 Å². The average Bonchev–Trinajstić information content (AvgIpc) is 3.13. The summed E-state index contributed by atoms with van der Waals surface area (Å²) in [4.78, 5) is 19.6. The zero-order valence-electron chi connectivity index (χ0n) is 15.9. The fraction of sp³-hybridized carbons (Fsp3) is 0.286. The Labute approximate surface area is 178 Å². The third-order valence-electron chi connectivity index (χ3n) is 5.40. The van der Waals surface area contributed by atoms with Gasteiger partial charge in [0.15, 0.2) is 0 Å². The quantitative estimate of drug-likeness (QED) is 0.622. The van der Waals surface area contributed by atoms with E-state index in [1.165, 1.54) is 0 Å². The number of nitrogens with zero attached hydrogens (tertiary/aromatic N) is 2. The third kappa shape index (κ3) is 3.88. The summed E-state index contributed by atoms with van der Waals surface area (Å²) in [6.45, 7) is 2.64. The van der Waals surface area contributed by atoms with E-state index >= 15 is 0 Å². The van der Waals surface area contributed by atoms with E-state index in [2.05, 4.69) is 9.88 Å². The van der Waals surface area contributed by atoms with Crippen LogP contribution in [0.4, 0.5) is 5.69 Å². The number of methoxy groups -OCH3 is 1. The van der Waals surface area contributed by atoms with Crippen LogP contribution in [0.15, 0.2) is 42.6 Å². The van der Waals surface area contributed by atoms with Crippen molar-refractivity contribution in [3.63, 3.8) is 0 Å². The van der Waals surface area contributed by atoms with Crippen molar-refractivity contribution in [3.05, 3.63) is 58.2 Å². The van der Waals surface area contributed by atoms with Gasteiger partial charge < -0.3 is 19.7 Å². The minimum atomic E-state index is -0.864. The summed E-state index contributed by atoms with van der Waals surface area (Å²) in [5.74, 6) is -0.163. The topological polar surface area (TPSA) is 68.8 Å². The minimum Gasteiger partial charge on any atom is -0.497 e. The standard InChI is InChI=1S/C21H21Cl2N3O3/c1-29-14-3-5-19-15(11-14)16(12-24-19)20(21(27)28)26-8-6-25(7-9-26)13-2-4-17(22)18(23)10-13/h2-5,10-12,20,24H,6-9H2,1H3,(H,27,28). The molecule has 0 aliphatic carbocycles. The summed E-state index contributed by atoms with van der Waals surface area (Å²) >= 11 is 12.2. The van der Waals surface area contributed by atoms with Crippen LogP contribution in [0.3, 0.4) is 0 Å². The van der Waals surface area contributed by atoms with E-state index in [9.17, 15) is 9.90 Å². The van der Waals surface area contributed by atoms with Gasteiger partial charge in [0, 0.05) is 54.5 Å². The molecule has 6 nitrogen and oxygen atoms in total. The Kier molecular flexibility index (Phi) is 5.58. The summed E-state index contributed by atoms with van der Waals surface area (Å²) in [5, 5.41) is 11.9. The van der Waals surface area contributed by atoms with Gasteiger partial charge in [0.05, 0.1) is 17.2 Å². The Morgan fingerprint density at radius 3 is 2.52 bits per heavy atom. The van der Waals surface area contributed by atoms with Gasteiger partial charge in [-0.15, -0.1) is 0 Å². The highest BCUT2D eigenvalue weighted by molar-refractivity contribution is 6.42. The number of rotatable bonds is 5. The molecule has 2 N–H and O–H groups in total. The molecule has 1 aliphatic rings. The van der Waals surface area contributed by atoms with Crippen molar-refractivity contribution in [2.75, 3.05) is 38.2 Å². The molecule has 152 valence electrons. The van der Waals surface area contributed by atoms with Crippen molar-refractivity contribution in [3.8, 4) is 5.75 Å². The highest BCUT2D eigenvalue weighted by Gasteiger charge is 2.32. The summed E-state index contributed by atoms with van der Waals surface area (Å²) in [6, 6.07) is 10.5. The summed E-state index contributed by atoms with van der Waals surface area (Å²) < 4.78 is 5.31. The van der Waals surface area contributed by atoms with Gasteiger partial charge in [-0.1, -0.05) is 23.2 Å². The maximum atomic E-state index is 12.2. The number of aliphatic carboxylic acids is 1. The van der Waals surface area contributed by atoms with E-state index in [1.807, 2.05) is 35.2 Å². The molecule has 2 heterocycles. The Morgan fingerprint density at radius 2 is 1.86 bits per heavy atom. The lowest BCUT2D eigenvalue weighted by atomic mass is 10.0. The zero-order chi connectivity index (χ0) is 20.5. The number of carboxylic acids is 1. The Balaban J connectivity index is 1.56. The summed E-state index contributed by atoms with van der Waals surface area (Å²) in [6.07, 6.45) is 1.79. The molecule has 1 aliphatic heterocycles. The number of piperazine rings is 1. The number of hydrogen-bond acceptors (Lipinski definition) is 4. The second-order valence-corrected chi connectivity index (χ2v) is 7.83. The third-order valence-corrected chi connectivity index (χ3v) is 6.14. The SMILES string of the molecule is COc1ccc2[nH]cc(C(C(=O)O)N3CCN(c4ccc(Cl)c(Cl)c4)CC3)c2c1. The minimum absolute atomic E-state index is 0.516. The predicted octanol–water partition coefficient (Wildman–Crippen LogP) is 4.43. The summed E-state index contributed by atoms with van der Waals surface area (Å²) in [7, 11) is 1.60. The molecule has 3 aromatic rings. The Hall–Kier alpha value is -2.41. The van der Waals surface area contributed by atoms with Crippen LogP contribution in [0.2, 0.25) is 10.0 Å². The molecule has 29 heavy (non-hydrogen) atoms. The van der Waals surface area contributed by atoms with Gasteiger partial charge >= 0.3 is 5.97 Å². The maximum absolute atomic E-state index is 12.2. The molecular weight excluding hydrogens is 413 g/mol. The first-order valence-corrected chi connectivity index (χ1v) is 10.1. The van der Waals surface area contributed by atoms with Gasteiger partial charge in [0.1, 0.15) is 11.8 Å². The van der Waals surface area contributed by atoms with Crippen molar-refractivity contribution >= 4 is 45.8 Å². The van der Waals surface area contributed by atoms with Crippen molar-refractivity contribution in [2.45, 2.75) is 6.04 Å². The van der Waals surface area contributed by atoms with Gasteiger partial charge in [-0.05, 0) is 36.4 Å². The molecule has 0 saturated carbocycles. The van der Waals surface area contributed by atoms with Crippen LogP contribution in [0.5, 0.6) is 5.75 Å². The van der Waals surface area contributed by atoms with Gasteiger partial charge in [-0.3, -0.25) is 9.69 Å². The van der Waals surface area contributed by atoms with Crippen molar-refractivity contribution < 1.29 is 14.6 Å². The smallest absolute Gasteiger partial charge is 0.325 e. The van der Waals surface area contributed by atoms with E-state index in [-0.39, 0.29) is 0 Å². The molecule has 0 amide bonds. The van der Waals surface area contributed by atoms with Gasteiger partial charge in [-0.25, -0.2) is 0 Å². The van der Waals surface area contributed by atoms with Crippen LogP contribution < -0.4 is 9.64 Å². The van der Waals surface area contributed by atoms with E-state index < -0.39 is 12.0 Å². The molecule has 1 unspecified atom stereocenters. The Morgan fingerprint density at radius 1 is 1.10 bits per heavy atom. The molecule has 1 atom stereocenters. The second-order valence-electron chi connectivity index (χ2n) is 7.02. The van der Waals surface area contributed by atoms with Crippen LogP contribution >= 0.6 is 23.2 Å². The number of nitrogens with one attached hydrogen (secondary N) is 1. The molecule has 8 heteroatoms. The van der Waals surface area contributed by atoms with Gasteiger partial charge in [-0.2, -0.15) is 0 Å². The lowest BCUT2D eigenvalue weighted by Crippen LogP contribution is -2.49. The summed E-state index contributed by atoms with van der Waals surface area (Å²) in [5.41, 5.74) is 2.62. The van der Waals surface area contributed by atoms with Crippen LogP contribution in [0, 0.1) is 0 Å². The van der Waals surface area contributed by atoms with E-state index in [0.29, 0.717) is 42.0 Å². The van der Waals surface area contributed by atoms with Crippen molar-refractivity contribution in [2.24, 2.45) is 0 Å². The first kappa shape index (κ1) is 19.9. The maximum Gasteiger partial charge on any atom is 0.325 e. The Bertz CT molecular complexity index is 1040. The van der Waals surface area contributed by atoms with Gasteiger partial charge in [0.2, 0.25) is 0 Å². The molecule has 0 bridgehead atoms. The number of H-pyrrole nitrogens is 1. The first-order valence-electron chi connectivity index (χ1n) is 9.30. The van der Waals surface area contributed by atoms with Gasteiger partial charge in [0.25, 0.3) is 0 Å². The number of fused-ring (bicyclic) bond motifs is 1. The number of carbonyl (C=O) groups is 1. The molecule has 1 aromatic heterocycles. The number of aromatic amines is 1. The number of ether oxygens (including phenoxy) is 1. The molecule has 0 spiro atoms. The highest BCUT2D eigenvalue weighted by atomic mass is 35.5. The number of carboxylic acid groups (broad SMARTS) is 1. The molecule has 4 rings (SSSR count). The van der Waals surface area contributed by atoms with E-state index in [0.717, 1.165) is 22.2 Å². The average molecular weight is 434 g/mol. The van der Waals surface area contributed by atoms with Crippen molar-refractivity contribution in [1.29, 1.82) is 0 Å². The lowest BCUT2D eigenvalue weighted by Gasteiger charge is -2.38. The monoisotopic (exact) mass is 433 g/mol. The molecule has 1 saturated heterocycles. The van der Waals surface area contributed by atoms with Crippen molar-refractivity contribution in [1.82, 2.24) is 9.88 Å². The lowest BCUT2D eigenvalue weighted by molar-refractivity contribution is -0.143. The normalized spacial score (nSPS) is 16.2. The molecule has 0 radical (unpaired) electrons. The first-order chi connectivity index (χ1) is 14.0. The van der Waals surface area contributed by atoms with Crippen LogP contribution in [0.25, 0.3) is 10.9 Å². The number of hydrogen-bond donors (Lipinski definition) is 2. The number of benzene rings is 2.